The first-order chi connectivity index (χ1) is 7.84. The quantitative estimate of drug-likeness (QED) is 0.641. The zero-order valence-corrected chi connectivity index (χ0v) is 9.15. The van der Waals surface area contributed by atoms with Gasteiger partial charge in [-0.2, -0.15) is 4.98 Å². The maximum atomic E-state index is 11.1. The average Bonchev–Trinajstić information content (AvgIpc) is 2.73. The zero-order valence-electron chi connectivity index (χ0n) is 8.33. The molecule has 1 aromatic carbocycles. The molecular formula is C12H8N2OS. The Bertz CT molecular complexity index is 685. The highest BCUT2D eigenvalue weighted by Gasteiger charge is 2.05. The van der Waals surface area contributed by atoms with Crippen LogP contribution in [0.1, 0.15) is 0 Å². The number of hydrogen-bond acceptors (Lipinski definition) is 3. The largest absolute Gasteiger partial charge is 0.292 e. The topological polar surface area (TPSA) is 34.4 Å². The first kappa shape index (κ1) is 9.30. The van der Waals surface area contributed by atoms with Crippen LogP contribution in [0.5, 0.6) is 0 Å². The van der Waals surface area contributed by atoms with Gasteiger partial charge in [-0.15, -0.1) is 11.3 Å². The van der Waals surface area contributed by atoms with E-state index in [1.54, 1.807) is 6.20 Å². The van der Waals surface area contributed by atoms with Gasteiger partial charge in [0.25, 0.3) is 5.56 Å². The molecule has 0 aliphatic rings. The molecule has 16 heavy (non-hydrogen) atoms. The van der Waals surface area contributed by atoms with Crippen molar-refractivity contribution in [1.82, 2.24) is 9.38 Å². The van der Waals surface area contributed by atoms with Crippen LogP contribution >= 0.6 is 11.3 Å². The second kappa shape index (κ2) is 3.57. The van der Waals surface area contributed by atoms with Gasteiger partial charge in [0.1, 0.15) is 0 Å². The van der Waals surface area contributed by atoms with E-state index in [2.05, 4.69) is 4.98 Å². The van der Waals surface area contributed by atoms with Gasteiger partial charge in [-0.1, -0.05) is 30.3 Å². The summed E-state index contributed by atoms with van der Waals surface area (Å²) >= 11 is 1.47. The van der Waals surface area contributed by atoms with E-state index in [1.165, 1.54) is 17.4 Å². The molecule has 0 saturated carbocycles. The second-order valence-electron chi connectivity index (χ2n) is 3.41. The predicted octanol–water partition coefficient (Wildman–Crippen LogP) is 2.42. The Hall–Kier alpha value is -1.94. The van der Waals surface area contributed by atoms with Crippen molar-refractivity contribution < 1.29 is 0 Å². The van der Waals surface area contributed by atoms with Gasteiger partial charge in [0.05, 0.1) is 5.69 Å². The van der Waals surface area contributed by atoms with Crippen molar-refractivity contribution in [3.8, 4) is 11.3 Å². The molecule has 0 fully saturated rings. The molecule has 0 aliphatic carbocycles. The summed E-state index contributed by atoms with van der Waals surface area (Å²) in [5.41, 5.74) is 1.99. The highest BCUT2D eigenvalue weighted by atomic mass is 32.1. The monoisotopic (exact) mass is 228 g/mol. The van der Waals surface area contributed by atoms with E-state index in [0.717, 1.165) is 16.2 Å². The number of hydrogen-bond donors (Lipinski definition) is 0. The normalized spacial score (nSPS) is 10.8. The predicted molar refractivity (Wildman–Crippen MR) is 64.8 cm³/mol. The number of nitrogens with zero attached hydrogens (tertiary/aromatic N) is 2. The molecule has 0 unspecified atom stereocenters. The van der Waals surface area contributed by atoms with E-state index in [-0.39, 0.29) is 5.56 Å². The van der Waals surface area contributed by atoms with E-state index in [1.807, 2.05) is 40.1 Å². The molecule has 0 radical (unpaired) electrons. The Morgan fingerprint density at radius 3 is 2.75 bits per heavy atom. The molecule has 2 aromatic heterocycles. The minimum atomic E-state index is -0.193. The molecule has 78 valence electrons. The van der Waals surface area contributed by atoms with Crippen LogP contribution in [-0.2, 0) is 0 Å². The van der Waals surface area contributed by atoms with Gasteiger partial charge in [0.2, 0.25) is 0 Å². The van der Waals surface area contributed by atoms with Gasteiger partial charge in [-0.3, -0.25) is 9.20 Å². The molecule has 0 atom stereocenters. The van der Waals surface area contributed by atoms with E-state index in [9.17, 15) is 4.79 Å². The first-order valence-corrected chi connectivity index (χ1v) is 5.75. The second-order valence-corrected chi connectivity index (χ2v) is 4.24. The lowest BCUT2D eigenvalue weighted by molar-refractivity contribution is 1.11. The lowest BCUT2D eigenvalue weighted by Gasteiger charge is -2.00. The summed E-state index contributed by atoms with van der Waals surface area (Å²) in [6.45, 7) is 0. The number of fused-ring (bicyclic) bond motifs is 1. The van der Waals surface area contributed by atoms with Crippen LogP contribution in [0.3, 0.4) is 0 Å². The standard InChI is InChI=1S/C12H8N2OS/c15-11-6-7-14-10(8-16-12(14)13-11)9-4-2-1-3-5-9/h1-8H. The molecular weight excluding hydrogens is 220 g/mol. The number of benzene rings is 1. The summed E-state index contributed by atoms with van der Waals surface area (Å²) in [6.07, 6.45) is 1.77. The fraction of sp³-hybridized carbons (Fsp3) is 0. The molecule has 3 rings (SSSR count). The number of aromatic nitrogens is 2. The molecule has 3 nitrogen and oxygen atoms in total. The van der Waals surface area contributed by atoms with Crippen molar-refractivity contribution in [2.45, 2.75) is 0 Å². The summed E-state index contributed by atoms with van der Waals surface area (Å²) in [4.78, 5) is 15.8. The maximum Gasteiger partial charge on any atom is 0.273 e. The third-order valence-electron chi connectivity index (χ3n) is 2.38. The first-order valence-electron chi connectivity index (χ1n) is 4.87. The van der Waals surface area contributed by atoms with Crippen molar-refractivity contribution >= 4 is 16.3 Å². The van der Waals surface area contributed by atoms with Crippen LogP contribution in [0.4, 0.5) is 0 Å². The molecule has 0 saturated heterocycles. The fourth-order valence-corrected chi connectivity index (χ4v) is 2.52. The summed E-state index contributed by atoms with van der Waals surface area (Å²) in [5, 5.41) is 2.01. The van der Waals surface area contributed by atoms with E-state index < -0.39 is 0 Å². The van der Waals surface area contributed by atoms with E-state index >= 15 is 0 Å². The number of rotatable bonds is 1. The lowest BCUT2D eigenvalue weighted by Crippen LogP contribution is -2.04. The summed E-state index contributed by atoms with van der Waals surface area (Å²) in [6, 6.07) is 11.5. The van der Waals surface area contributed by atoms with Crippen LogP contribution in [-0.4, -0.2) is 9.38 Å². The molecule has 2 heterocycles. The number of thiazole rings is 1. The highest BCUT2D eigenvalue weighted by molar-refractivity contribution is 7.15. The average molecular weight is 228 g/mol. The Morgan fingerprint density at radius 2 is 1.94 bits per heavy atom. The third-order valence-corrected chi connectivity index (χ3v) is 3.22. The third kappa shape index (κ3) is 1.44. The molecule has 0 amide bonds. The van der Waals surface area contributed by atoms with Crippen LogP contribution in [0.25, 0.3) is 16.2 Å². The van der Waals surface area contributed by atoms with E-state index in [4.69, 9.17) is 0 Å². The Morgan fingerprint density at radius 1 is 1.12 bits per heavy atom. The molecule has 3 aromatic rings. The summed E-state index contributed by atoms with van der Waals surface area (Å²) in [5.74, 6) is 0. The van der Waals surface area contributed by atoms with Crippen molar-refractivity contribution in [2.24, 2.45) is 0 Å². The zero-order chi connectivity index (χ0) is 11.0. The van der Waals surface area contributed by atoms with Crippen molar-refractivity contribution in [3.63, 3.8) is 0 Å². The van der Waals surface area contributed by atoms with Gasteiger partial charge in [-0.25, -0.2) is 0 Å². The minimum Gasteiger partial charge on any atom is -0.292 e. The van der Waals surface area contributed by atoms with Crippen molar-refractivity contribution in [2.75, 3.05) is 0 Å². The Balaban J connectivity index is 2.30. The lowest BCUT2D eigenvalue weighted by atomic mass is 10.2. The van der Waals surface area contributed by atoms with Crippen LogP contribution in [0.15, 0.2) is 52.8 Å². The van der Waals surface area contributed by atoms with Crippen LogP contribution in [0.2, 0.25) is 0 Å². The highest BCUT2D eigenvalue weighted by Crippen LogP contribution is 2.23. The SMILES string of the molecule is O=c1ccn2c(-c3ccccc3)csc2n1. The van der Waals surface area contributed by atoms with Gasteiger partial charge in [0.15, 0.2) is 4.96 Å². The summed E-state index contributed by atoms with van der Waals surface area (Å²) in [7, 11) is 0. The van der Waals surface area contributed by atoms with Crippen molar-refractivity contribution in [1.29, 1.82) is 0 Å². The molecule has 0 bridgehead atoms. The van der Waals surface area contributed by atoms with Crippen LogP contribution < -0.4 is 5.56 Å². The van der Waals surface area contributed by atoms with E-state index in [0.29, 0.717) is 0 Å². The molecule has 0 spiro atoms. The summed E-state index contributed by atoms with van der Waals surface area (Å²) < 4.78 is 1.93. The van der Waals surface area contributed by atoms with Crippen LogP contribution in [0, 0.1) is 0 Å². The fourth-order valence-electron chi connectivity index (χ4n) is 1.64. The Kier molecular flexibility index (Phi) is 2.08. The minimum absolute atomic E-state index is 0.193. The maximum absolute atomic E-state index is 11.1. The van der Waals surface area contributed by atoms with Gasteiger partial charge < -0.3 is 0 Å². The molecule has 0 aliphatic heterocycles. The molecule has 4 heteroatoms. The smallest absolute Gasteiger partial charge is 0.273 e. The van der Waals surface area contributed by atoms with Gasteiger partial charge in [-0.05, 0) is 5.56 Å². The van der Waals surface area contributed by atoms with Gasteiger partial charge >= 0.3 is 0 Å². The molecule has 0 N–H and O–H groups in total. The van der Waals surface area contributed by atoms with Gasteiger partial charge in [0, 0.05) is 17.6 Å². The van der Waals surface area contributed by atoms with Crippen molar-refractivity contribution in [3.05, 3.63) is 58.3 Å². The Labute approximate surface area is 95.6 Å².